The number of pyridine rings is 1. The summed E-state index contributed by atoms with van der Waals surface area (Å²) >= 11 is 0. The summed E-state index contributed by atoms with van der Waals surface area (Å²) in [4.78, 5) is 25.7. The first-order valence-electron chi connectivity index (χ1n) is 8.44. The van der Waals surface area contributed by atoms with E-state index in [2.05, 4.69) is 0 Å². The van der Waals surface area contributed by atoms with Gasteiger partial charge in [0.1, 0.15) is 5.52 Å². The maximum atomic E-state index is 13.4. The molecule has 0 aliphatic carbocycles. The minimum absolute atomic E-state index is 0.247. The van der Waals surface area contributed by atoms with E-state index in [1.807, 2.05) is 69.3 Å². The van der Waals surface area contributed by atoms with E-state index in [0.29, 0.717) is 11.0 Å². The van der Waals surface area contributed by atoms with E-state index < -0.39 is 6.03 Å². The molecule has 0 spiro atoms. The van der Waals surface area contributed by atoms with Crippen molar-refractivity contribution in [1.29, 1.82) is 0 Å². The zero-order chi connectivity index (χ0) is 18.6. The van der Waals surface area contributed by atoms with Crippen LogP contribution in [0.2, 0.25) is 0 Å². The van der Waals surface area contributed by atoms with E-state index >= 15 is 0 Å². The maximum Gasteiger partial charge on any atom is 0.324 e. The lowest BCUT2D eigenvalue weighted by molar-refractivity contribution is 0.252. The quantitative estimate of drug-likeness (QED) is 0.570. The zero-order valence-electron chi connectivity index (χ0n) is 14.9. The Bertz CT molecular complexity index is 1250. The minimum atomic E-state index is -0.657. The number of aryl methyl sites for hydroxylation is 2. The largest absolute Gasteiger partial charge is 0.351 e. The van der Waals surface area contributed by atoms with Crippen LogP contribution in [0.1, 0.15) is 16.8 Å². The van der Waals surface area contributed by atoms with Crippen LogP contribution >= 0.6 is 0 Å². The summed E-state index contributed by atoms with van der Waals surface area (Å²) in [5.74, 6) is 0. The van der Waals surface area contributed by atoms with Crippen LogP contribution in [0.5, 0.6) is 0 Å². The predicted molar refractivity (Wildman–Crippen MR) is 104 cm³/mol. The molecule has 0 aliphatic heterocycles. The Morgan fingerprint density at radius 3 is 2.27 bits per heavy atom. The first kappa shape index (κ1) is 16.1. The van der Waals surface area contributed by atoms with Gasteiger partial charge in [0, 0.05) is 22.2 Å². The number of carbonyl (C=O) groups excluding carboxylic acids is 1. The van der Waals surface area contributed by atoms with Gasteiger partial charge in [0.2, 0.25) is 0 Å². The Morgan fingerprint density at radius 1 is 0.923 bits per heavy atom. The Hall–Kier alpha value is -3.34. The van der Waals surface area contributed by atoms with Crippen molar-refractivity contribution < 1.29 is 4.79 Å². The molecule has 0 radical (unpaired) electrons. The van der Waals surface area contributed by atoms with Gasteiger partial charge in [-0.2, -0.15) is 0 Å². The number of rotatable bonds is 1. The van der Waals surface area contributed by atoms with Gasteiger partial charge in [-0.1, -0.05) is 30.3 Å². The molecule has 5 heteroatoms. The highest BCUT2D eigenvalue weighted by Gasteiger charge is 2.23. The van der Waals surface area contributed by atoms with E-state index in [4.69, 9.17) is 5.73 Å². The van der Waals surface area contributed by atoms with Gasteiger partial charge in [-0.15, -0.1) is 0 Å². The molecule has 0 unspecified atom stereocenters. The second kappa shape index (κ2) is 5.59. The summed E-state index contributed by atoms with van der Waals surface area (Å²) < 4.78 is 2.98. The average Bonchev–Trinajstić information content (AvgIpc) is 2.98. The molecule has 2 N–H and O–H groups in total. The number of primary amides is 1. The lowest BCUT2D eigenvalue weighted by Crippen LogP contribution is -2.27. The fourth-order valence-corrected chi connectivity index (χ4v) is 3.81. The Labute approximate surface area is 150 Å². The molecule has 0 bridgehead atoms. The standard InChI is InChI=1S/C21H19N3O2/c1-12-8-7-11-16-17(12)18-13(2)14(3)23(15-9-5-4-6-10-15)20(25)19(18)24(16)21(22)26/h4-11H,1-3H3,(H2,22,26). The Kier molecular flexibility index (Phi) is 3.47. The number of aromatic nitrogens is 2. The van der Waals surface area contributed by atoms with Gasteiger partial charge in [0.05, 0.1) is 5.52 Å². The van der Waals surface area contributed by atoms with Crippen molar-refractivity contribution in [3.05, 3.63) is 75.7 Å². The molecule has 130 valence electrons. The van der Waals surface area contributed by atoms with Crippen LogP contribution < -0.4 is 11.3 Å². The van der Waals surface area contributed by atoms with Crippen LogP contribution in [-0.2, 0) is 0 Å². The lowest BCUT2D eigenvalue weighted by Gasteiger charge is -2.14. The van der Waals surface area contributed by atoms with E-state index in [1.54, 1.807) is 4.57 Å². The minimum Gasteiger partial charge on any atom is -0.351 e. The van der Waals surface area contributed by atoms with E-state index in [-0.39, 0.29) is 5.56 Å². The smallest absolute Gasteiger partial charge is 0.324 e. The molecule has 1 amide bonds. The summed E-state index contributed by atoms with van der Waals surface area (Å²) in [5, 5.41) is 1.70. The van der Waals surface area contributed by atoms with Crippen LogP contribution in [0.3, 0.4) is 0 Å². The summed E-state index contributed by atoms with van der Waals surface area (Å²) in [6.07, 6.45) is 0. The van der Waals surface area contributed by atoms with Crippen molar-refractivity contribution in [3.8, 4) is 5.69 Å². The van der Waals surface area contributed by atoms with Gasteiger partial charge in [-0.25, -0.2) is 4.79 Å². The summed E-state index contributed by atoms with van der Waals surface area (Å²) in [7, 11) is 0. The first-order chi connectivity index (χ1) is 12.4. The zero-order valence-corrected chi connectivity index (χ0v) is 14.9. The van der Waals surface area contributed by atoms with E-state index in [1.165, 1.54) is 4.57 Å². The third-order valence-corrected chi connectivity index (χ3v) is 5.10. The highest BCUT2D eigenvalue weighted by atomic mass is 16.2. The SMILES string of the molecule is Cc1cccc2c1c1c(C)c(C)n(-c3ccccc3)c(=O)c1n2C(N)=O. The van der Waals surface area contributed by atoms with Crippen molar-refractivity contribution in [1.82, 2.24) is 9.13 Å². The molecule has 0 atom stereocenters. The predicted octanol–water partition coefficient (Wildman–Crippen LogP) is 3.80. The molecule has 2 heterocycles. The number of hydrogen-bond donors (Lipinski definition) is 1. The van der Waals surface area contributed by atoms with E-state index in [9.17, 15) is 9.59 Å². The van der Waals surface area contributed by atoms with Crippen LogP contribution in [0.4, 0.5) is 4.79 Å². The summed E-state index contributed by atoms with van der Waals surface area (Å²) in [6, 6.07) is 14.4. The van der Waals surface area contributed by atoms with Crippen LogP contribution in [-0.4, -0.2) is 15.2 Å². The molecule has 0 saturated carbocycles. The Balaban J connectivity index is 2.34. The maximum absolute atomic E-state index is 13.4. The fourth-order valence-electron chi connectivity index (χ4n) is 3.81. The molecule has 4 rings (SSSR count). The van der Waals surface area contributed by atoms with Crippen LogP contribution in [0.25, 0.3) is 27.5 Å². The molecule has 5 nitrogen and oxygen atoms in total. The molecule has 26 heavy (non-hydrogen) atoms. The van der Waals surface area contributed by atoms with Crippen LogP contribution in [0.15, 0.2) is 53.3 Å². The molecule has 4 aromatic rings. The number of para-hydroxylation sites is 1. The fraction of sp³-hybridized carbons (Fsp3) is 0.143. The highest BCUT2D eigenvalue weighted by molar-refractivity contribution is 6.15. The molecule has 0 aliphatic rings. The second-order valence-electron chi connectivity index (χ2n) is 6.55. The lowest BCUT2D eigenvalue weighted by atomic mass is 10.0. The molecule has 0 fully saturated rings. The van der Waals surface area contributed by atoms with Gasteiger partial charge in [-0.3, -0.25) is 13.9 Å². The molecule has 0 saturated heterocycles. The van der Waals surface area contributed by atoms with Crippen molar-refractivity contribution in [2.75, 3.05) is 0 Å². The van der Waals surface area contributed by atoms with Crippen molar-refractivity contribution in [2.45, 2.75) is 20.8 Å². The van der Waals surface area contributed by atoms with Gasteiger partial charge < -0.3 is 5.73 Å². The van der Waals surface area contributed by atoms with Gasteiger partial charge in [0.25, 0.3) is 5.56 Å². The number of amides is 1. The number of benzene rings is 2. The molecular formula is C21H19N3O2. The van der Waals surface area contributed by atoms with Gasteiger partial charge >= 0.3 is 6.03 Å². The third-order valence-electron chi connectivity index (χ3n) is 5.10. The number of fused-ring (bicyclic) bond motifs is 3. The number of hydrogen-bond acceptors (Lipinski definition) is 2. The van der Waals surface area contributed by atoms with Crippen molar-refractivity contribution >= 4 is 27.8 Å². The summed E-state index contributed by atoms with van der Waals surface area (Å²) in [6.45, 7) is 5.88. The topological polar surface area (TPSA) is 70.0 Å². The first-order valence-corrected chi connectivity index (χ1v) is 8.44. The number of nitrogens with two attached hydrogens (primary N) is 1. The monoisotopic (exact) mass is 345 g/mol. The molecule has 2 aromatic carbocycles. The van der Waals surface area contributed by atoms with Crippen molar-refractivity contribution in [2.24, 2.45) is 5.73 Å². The van der Waals surface area contributed by atoms with Crippen LogP contribution in [0, 0.1) is 20.8 Å². The van der Waals surface area contributed by atoms with Gasteiger partial charge in [0.15, 0.2) is 0 Å². The molecule has 2 aromatic heterocycles. The highest BCUT2D eigenvalue weighted by Crippen LogP contribution is 2.33. The molecular weight excluding hydrogens is 326 g/mol. The Morgan fingerprint density at radius 2 is 1.62 bits per heavy atom. The average molecular weight is 345 g/mol. The van der Waals surface area contributed by atoms with Crippen molar-refractivity contribution in [3.63, 3.8) is 0 Å². The van der Waals surface area contributed by atoms with Gasteiger partial charge in [-0.05, 0) is 50.1 Å². The third kappa shape index (κ3) is 2.03. The van der Waals surface area contributed by atoms with E-state index in [0.717, 1.165) is 33.3 Å². The normalized spacial score (nSPS) is 11.3. The number of carbonyl (C=O) groups is 1. The number of nitrogens with zero attached hydrogens (tertiary/aromatic N) is 2. The summed E-state index contributed by atoms with van der Waals surface area (Å²) in [5.41, 5.74) is 9.98. The second-order valence-corrected chi connectivity index (χ2v) is 6.55.